The van der Waals surface area contributed by atoms with E-state index in [0.717, 1.165) is 60.5 Å². The first kappa shape index (κ1) is 29.8. The van der Waals surface area contributed by atoms with Crippen molar-refractivity contribution in [1.82, 2.24) is 15.1 Å². The maximum absolute atomic E-state index is 15.2. The van der Waals surface area contributed by atoms with Crippen LogP contribution in [0, 0.1) is 17.1 Å². The van der Waals surface area contributed by atoms with Crippen LogP contribution >= 0.6 is 0 Å². The van der Waals surface area contributed by atoms with Crippen molar-refractivity contribution in [2.45, 2.75) is 58.2 Å². The zero-order chi connectivity index (χ0) is 30.8. The molecule has 228 valence electrons. The second kappa shape index (κ2) is 12.7. The SMILES string of the molecule is CCc1cc(N2CCN(Cc3ccc(COc4cccc5c4CN([C@H]4CCC(=O)NC4=O)C5O)c(F)c3)CC2)ccc1C#N. The number of hydrogen-bond acceptors (Lipinski definition) is 8. The normalized spacial score (nSPS) is 20.7. The van der Waals surface area contributed by atoms with E-state index in [1.807, 2.05) is 18.2 Å². The molecule has 0 bridgehead atoms. The zero-order valence-corrected chi connectivity index (χ0v) is 24.8. The number of benzene rings is 3. The number of nitriles is 1. The third kappa shape index (κ3) is 6.04. The highest BCUT2D eigenvalue weighted by Crippen LogP contribution is 2.40. The number of piperazine rings is 1. The number of rotatable bonds is 8. The van der Waals surface area contributed by atoms with Gasteiger partial charge in [0.1, 0.15) is 24.4 Å². The number of ether oxygens (including phenoxy) is 1. The van der Waals surface area contributed by atoms with Gasteiger partial charge in [0.25, 0.3) is 0 Å². The van der Waals surface area contributed by atoms with Crippen LogP contribution in [-0.4, -0.2) is 58.9 Å². The van der Waals surface area contributed by atoms with E-state index in [2.05, 4.69) is 34.2 Å². The minimum absolute atomic E-state index is 0.0279. The Morgan fingerprint density at radius 1 is 1.07 bits per heavy atom. The van der Waals surface area contributed by atoms with Crippen LogP contribution in [0.3, 0.4) is 0 Å². The highest BCUT2D eigenvalue weighted by Gasteiger charge is 2.40. The number of nitrogens with one attached hydrogen (secondary N) is 1. The molecular formula is C34H36FN5O4. The van der Waals surface area contributed by atoms with E-state index < -0.39 is 18.2 Å². The number of aliphatic hydroxyl groups is 1. The smallest absolute Gasteiger partial charge is 0.244 e. The quantitative estimate of drug-likeness (QED) is 0.378. The Hall–Kier alpha value is -4.30. The molecule has 0 saturated carbocycles. The number of anilines is 1. The van der Waals surface area contributed by atoms with Crippen LogP contribution in [0.25, 0.3) is 0 Å². The van der Waals surface area contributed by atoms with Crippen molar-refractivity contribution in [3.05, 3.63) is 93.8 Å². The molecule has 2 N–H and O–H groups in total. The van der Waals surface area contributed by atoms with Gasteiger partial charge in [0.05, 0.1) is 17.7 Å². The lowest BCUT2D eigenvalue weighted by molar-refractivity contribution is -0.141. The molecule has 3 aliphatic rings. The number of aryl methyl sites for hydroxylation is 1. The summed E-state index contributed by atoms with van der Waals surface area (Å²) >= 11 is 0. The number of aliphatic hydroxyl groups excluding tert-OH is 1. The third-order valence-electron chi connectivity index (χ3n) is 8.95. The number of imide groups is 1. The maximum atomic E-state index is 15.2. The van der Waals surface area contributed by atoms with E-state index in [9.17, 15) is 20.0 Å². The predicted molar refractivity (Wildman–Crippen MR) is 162 cm³/mol. The highest BCUT2D eigenvalue weighted by molar-refractivity contribution is 6.00. The summed E-state index contributed by atoms with van der Waals surface area (Å²) in [6.45, 7) is 6.47. The molecular weight excluding hydrogens is 561 g/mol. The minimum atomic E-state index is -0.992. The Labute approximate surface area is 256 Å². The fraction of sp³-hybridized carbons (Fsp3) is 0.382. The van der Waals surface area contributed by atoms with Crippen molar-refractivity contribution < 1.29 is 23.8 Å². The highest BCUT2D eigenvalue weighted by atomic mass is 19.1. The Balaban J connectivity index is 1.04. The van der Waals surface area contributed by atoms with Gasteiger partial charge in [-0.1, -0.05) is 31.2 Å². The lowest BCUT2D eigenvalue weighted by atomic mass is 10.0. The molecule has 10 heteroatoms. The third-order valence-corrected chi connectivity index (χ3v) is 8.95. The number of hydrogen-bond donors (Lipinski definition) is 2. The number of halogens is 1. The molecule has 0 spiro atoms. The summed E-state index contributed by atoms with van der Waals surface area (Å²) in [5.41, 5.74) is 5.67. The summed E-state index contributed by atoms with van der Waals surface area (Å²) in [7, 11) is 0. The summed E-state index contributed by atoms with van der Waals surface area (Å²) in [6, 6.07) is 18.3. The molecule has 2 fully saturated rings. The predicted octanol–water partition coefficient (Wildman–Crippen LogP) is 3.77. The van der Waals surface area contributed by atoms with Crippen LogP contribution in [0.4, 0.5) is 10.1 Å². The maximum Gasteiger partial charge on any atom is 0.244 e. The first-order valence-electron chi connectivity index (χ1n) is 15.1. The van der Waals surface area contributed by atoms with Gasteiger partial charge >= 0.3 is 0 Å². The summed E-state index contributed by atoms with van der Waals surface area (Å²) in [5.74, 6) is -0.506. The molecule has 2 atom stereocenters. The van der Waals surface area contributed by atoms with Crippen LogP contribution in [0.15, 0.2) is 54.6 Å². The van der Waals surface area contributed by atoms with Gasteiger partial charge in [0.2, 0.25) is 11.8 Å². The molecule has 0 aromatic heterocycles. The number of carbonyl (C=O) groups is 2. The van der Waals surface area contributed by atoms with Crippen LogP contribution in [0.5, 0.6) is 5.75 Å². The van der Waals surface area contributed by atoms with Crippen LogP contribution in [0.2, 0.25) is 0 Å². The summed E-state index contributed by atoms with van der Waals surface area (Å²) in [4.78, 5) is 30.3. The van der Waals surface area contributed by atoms with Crippen molar-refractivity contribution in [2.24, 2.45) is 0 Å². The Morgan fingerprint density at radius 3 is 2.61 bits per heavy atom. The van der Waals surface area contributed by atoms with Crippen molar-refractivity contribution in [1.29, 1.82) is 5.26 Å². The van der Waals surface area contributed by atoms with Gasteiger partial charge < -0.3 is 14.7 Å². The largest absolute Gasteiger partial charge is 0.488 e. The minimum Gasteiger partial charge on any atom is -0.488 e. The molecule has 0 radical (unpaired) electrons. The van der Waals surface area contributed by atoms with Crippen LogP contribution < -0.4 is 15.0 Å². The van der Waals surface area contributed by atoms with Crippen LogP contribution in [0.1, 0.15) is 59.4 Å². The molecule has 9 nitrogen and oxygen atoms in total. The van der Waals surface area contributed by atoms with E-state index in [1.54, 1.807) is 35.2 Å². The molecule has 2 saturated heterocycles. The molecule has 44 heavy (non-hydrogen) atoms. The Kier molecular flexibility index (Phi) is 8.62. The Morgan fingerprint density at radius 2 is 1.89 bits per heavy atom. The number of piperidine rings is 1. The van der Waals surface area contributed by atoms with Crippen molar-refractivity contribution in [3.8, 4) is 11.8 Å². The summed E-state index contributed by atoms with van der Waals surface area (Å²) in [6.07, 6.45) is 0.399. The molecule has 6 rings (SSSR count). The van der Waals surface area contributed by atoms with E-state index in [4.69, 9.17) is 4.74 Å². The van der Waals surface area contributed by atoms with Gasteiger partial charge in [-0.25, -0.2) is 4.39 Å². The van der Waals surface area contributed by atoms with Crippen LogP contribution in [-0.2, 0) is 35.7 Å². The van der Waals surface area contributed by atoms with Crippen molar-refractivity contribution in [3.63, 3.8) is 0 Å². The second-order valence-corrected chi connectivity index (χ2v) is 11.6. The molecule has 0 aliphatic carbocycles. The fourth-order valence-corrected chi connectivity index (χ4v) is 6.42. The molecule has 1 unspecified atom stereocenters. The van der Waals surface area contributed by atoms with E-state index >= 15 is 4.39 Å². The number of nitrogens with zero attached hydrogens (tertiary/aromatic N) is 4. The van der Waals surface area contributed by atoms with Gasteiger partial charge in [-0.15, -0.1) is 0 Å². The van der Waals surface area contributed by atoms with E-state index in [1.165, 1.54) is 0 Å². The Bertz CT molecular complexity index is 1610. The topological polar surface area (TPSA) is 109 Å². The zero-order valence-electron chi connectivity index (χ0n) is 24.8. The van der Waals surface area contributed by atoms with E-state index in [0.29, 0.717) is 36.4 Å². The molecule has 3 aromatic rings. The van der Waals surface area contributed by atoms with Crippen molar-refractivity contribution >= 4 is 17.5 Å². The molecule has 3 aromatic carbocycles. The van der Waals surface area contributed by atoms with Gasteiger partial charge in [0.15, 0.2) is 0 Å². The molecule has 2 amide bonds. The first-order chi connectivity index (χ1) is 21.3. The van der Waals surface area contributed by atoms with Gasteiger partial charge in [-0.3, -0.25) is 24.7 Å². The molecule has 3 heterocycles. The lowest BCUT2D eigenvalue weighted by Gasteiger charge is -2.36. The first-order valence-corrected chi connectivity index (χ1v) is 15.1. The van der Waals surface area contributed by atoms with Gasteiger partial charge in [0, 0.05) is 68.1 Å². The average Bonchev–Trinajstić information content (AvgIpc) is 3.37. The van der Waals surface area contributed by atoms with Gasteiger partial charge in [-0.2, -0.15) is 5.26 Å². The second-order valence-electron chi connectivity index (χ2n) is 11.6. The number of carbonyl (C=O) groups excluding carboxylic acids is 2. The van der Waals surface area contributed by atoms with Gasteiger partial charge in [-0.05, 0) is 54.3 Å². The number of fused-ring (bicyclic) bond motifs is 1. The number of amides is 2. The average molecular weight is 598 g/mol. The van der Waals surface area contributed by atoms with Crippen molar-refractivity contribution in [2.75, 3.05) is 31.1 Å². The standard InChI is InChI=1S/C34H36FN5O4/c1-2-23-17-26(9-8-24(23)18-36)39-14-12-38(13-15-39)19-22-6-7-25(29(35)16-22)21-44-31-5-3-4-27-28(31)20-40(34(27)43)30-10-11-32(41)37-33(30)42/h3-9,16-17,30,34,43H,2,10-15,19-21H2,1H3,(H,37,41,42)/t30-,34?/m0/s1. The lowest BCUT2D eigenvalue weighted by Crippen LogP contribution is -2.51. The summed E-state index contributed by atoms with van der Waals surface area (Å²) in [5, 5.41) is 22.6. The van der Waals surface area contributed by atoms with E-state index in [-0.39, 0.29) is 24.8 Å². The summed E-state index contributed by atoms with van der Waals surface area (Å²) < 4.78 is 21.2. The monoisotopic (exact) mass is 597 g/mol. The fourth-order valence-electron chi connectivity index (χ4n) is 6.42. The molecule has 3 aliphatic heterocycles.